The second-order valence-corrected chi connectivity index (χ2v) is 6.31. The molecule has 0 saturated carbocycles. The number of nitrogens with one attached hydrogen (secondary N) is 1. The summed E-state index contributed by atoms with van der Waals surface area (Å²) in [5.41, 5.74) is 2.96. The Morgan fingerprint density at radius 2 is 1.91 bits per heavy atom. The lowest BCUT2D eigenvalue weighted by atomic mass is 10.2. The summed E-state index contributed by atoms with van der Waals surface area (Å²) in [4.78, 5) is 21.6. The van der Waals surface area contributed by atoms with E-state index in [1.807, 2.05) is 37.3 Å². The number of aromatic nitrogens is 2. The average molecular weight is 323 g/mol. The highest BCUT2D eigenvalue weighted by molar-refractivity contribution is 7.13. The van der Waals surface area contributed by atoms with Gasteiger partial charge in [0.1, 0.15) is 4.88 Å². The van der Waals surface area contributed by atoms with E-state index in [4.69, 9.17) is 0 Å². The van der Waals surface area contributed by atoms with Crippen LogP contribution >= 0.6 is 11.3 Å². The van der Waals surface area contributed by atoms with Crippen LogP contribution in [0.2, 0.25) is 0 Å². The number of thiazole rings is 1. The Hall–Kier alpha value is -2.53. The van der Waals surface area contributed by atoms with Gasteiger partial charge >= 0.3 is 0 Å². The second kappa shape index (κ2) is 7.15. The quantitative estimate of drug-likeness (QED) is 0.783. The molecular weight excluding hydrogens is 306 g/mol. The van der Waals surface area contributed by atoms with Crippen LogP contribution in [0.25, 0.3) is 0 Å². The Morgan fingerprint density at radius 1 is 1.13 bits per heavy atom. The van der Waals surface area contributed by atoms with Crippen molar-refractivity contribution in [2.45, 2.75) is 19.9 Å². The molecule has 0 aliphatic heterocycles. The summed E-state index contributed by atoms with van der Waals surface area (Å²) in [5, 5.41) is 3.88. The molecule has 1 N–H and O–H groups in total. The fourth-order valence-corrected chi connectivity index (χ4v) is 3.29. The van der Waals surface area contributed by atoms with E-state index in [9.17, 15) is 4.79 Å². The maximum atomic E-state index is 12.3. The number of hydrogen-bond donors (Lipinski definition) is 1. The molecular formula is C18H17N3OS. The number of rotatable bonds is 5. The van der Waals surface area contributed by atoms with Crippen molar-refractivity contribution in [3.8, 4) is 0 Å². The van der Waals surface area contributed by atoms with Gasteiger partial charge in [-0.2, -0.15) is 0 Å². The zero-order valence-corrected chi connectivity index (χ0v) is 13.6. The number of carbonyl (C=O) groups is 1. The van der Waals surface area contributed by atoms with Crippen LogP contribution in [0.4, 0.5) is 0 Å². The standard InChI is InChI=1S/C18H17N3OS/c1-13-17(18(22)20-12-15-8-5-9-19-11-15)23-16(21-13)10-14-6-3-2-4-7-14/h2-9,11H,10,12H2,1H3,(H,20,22). The highest BCUT2D eigenvalue weighted by Crippen LogP contribution is 2.21. The zero-order valence-electron chi connectivity index (χ0n) is 12.8. The van der Waals surface area contributed by atoms with Gasteiger partial charge in [0.2, 0.25) is 0 Å². The Bertz CT molecular complexity index is 785. The second-order valence-electron chi connectivity index (χ2n) is 5.23. The van der Waals surface area contributed by atoms with Crippen LogP contribution < -0.4 is 5.32 Å². The van der Waals surface area contributed by atoms with Crippen molar-refractivity contribution in [3.63, 3.8) is 0 Å². The molecule has 3 aromatic rings. The van der Waals surface area contributed by atoms with E-state index in [0.717, 1.165) is 22.7 Å². The summed E-state index contributed by atoms with van der Waals surface area (Å²) in [7, 11) is 0. The van der Waals surface area contributed by atoms with Gasteiger partial charge in [0, 0.05) is 25.4 Å². The molecule has 0 atom stereocenters. The molecule has 0 radical (unpaired) electrons. The predicted molar refractivity (Wildman–Crippen MR) is 91.5 cm³/mol. The van der Waals surface area contributed by atoms with Gasteiger partial charge in [0.05, 0.1) is 10.7 Å². The SMILES string of the molecule is Cc1nc(Cc2ccccc2)sc1C(=O)NCc1cccnc1. The lowest BCUT2D eigenvalue weighted by Gasteiger charge is -2.03. The van der Waals surface area contributed by atoms with E-state index < -0.39 is 0 Å². The molecule has 23 heavy (non-hydrogen) atoms. The fourth-order valence-electron chi connectivity index (χ4n) is 2.27. The molecule has 1 aromatic carbocycles. The molecule has 2 heterocycles. The summed E-state index contributed by atoms with van der Waals surface area (Å²) in [6.07, 6.45) is 4.22. The predicted octanol–water partition coefficient (Wildman–Crippen LogP) is 3.37. The van der Waals surface area contributed by atoms with Gasteiger partial charge in [0.15, 0.2) is 0 Å². The van der Waals surface area contributed by atoms with Crippen LogP contribution in [0, 0.1) is 6.92 Å². The lowest BCUT2D eigenvalue weighted by Crippen LogP contribution is -2.22. The monoisotopic (exact) mass is 323 g/mol. The molecule has 0 fully saturated rings. The summed E-state index contributed by atoms with van der Waals surface area (Å²) < 4.78 is 0. The minimum absolute atomic E-state index is 0.0804. The van der Waals surface area contributed by atoms with Crippen LogP contribution in [0.15, 0.2) is 54.9 Å². The summed E-state index contributed by atoms with van der Waals surface area (Å²) in [5.74, 6) is -0.0804. The van der Waals surface area contributed by atoms with Gasteiger partial charge in [-0.25, -0.2) is 4.98 Å². The molecule has 0 aliphatic carbocycles. The third-order valence-electron chi connectivity index (χ3n) is 3.42. The Balaban J connectivity index is 1.67. The molecule has 116 valence electrons. The molecule has 0 saturated heterocycles. The minimum Gasteiger partial charge on any atom is -0.347 e. The molecule has 4 nitrogen and oxygen atoms in total. The van der Waals surface area contributed by atoms with Gasteiger partial charge in [-0.1, -0.05) is 36.4 Å². The zero-order chi connectivity index (χ0) is 16.1. The molecule has 0 bridgehead atoms. The average Bonchev–Trinajstić information content (AvgIpc) is 2.95. The molecule has 0 unspecified atom stereocenters. The van der Waals surface area contributed by atoms with E-state index >= 15 is 0 Å². The number of nitrogens with zero attached hydrogens (tertiary/aromatic N) is 2. The topological polar surface area (TPSA) is 54.9 Å². The van der Waals surface area contributed by atoms with Crippen molar-refractivity contribution in [3.05, 3.63) is 81.6 Å². The van der Waals surface area contributed by atoms with Crippen LogP contribution in [-0.2, 0) is 13.0 Å². The van der Waals surface area contributed by atoms with Gasteiger partial charge in [-0.15, -0.1) is 11.3 Å². The van der Waals surface area contributed by atoms with Crippen molar-refractivity contribution in [2.75, 3.05) is 0 Å². The number of amides is 1. The van der Waals surface area contributed by atoms with E-state index in [0.29, 0.717) is 11.4 Å². The molecule has 3 rings (SSSR count). The minimum atomic E-state index is -0.0804. The highest BCUT2D eigenvalue weighted by atomic mass is 32.1. The van der Waals surface area contributed by atoms with E-state index in [1.54, 1.807) is 12.4 Å². The summed E-state index contributed by atoms with van der Waals surface area (Å²) in [6.45, 7) is 2.35. The van der Waals surface area contributed by atoms with Gasteiger partial charge in [-0.05, 0) is 24.1 Å². The number of benzene rings is 1. The van der Waals surface area contributed by atoms with Crippen molar-refractivity contribution in [1.82, 2.24) is 15.3 Å². The number of pyridine rings is 1. The Labute approximate surface area is 139 Å². The molecule has 0 aliphatic rings. The Kier molecular flexibility index (Phi) is 4.78. The third-order valence-corrected chi connectivity index (χ3v) is 4.58. The number of carbonyl (C=O) groups excluding carboxylic acids is 1. The van der Waals surface area contributed by atoms with Crippen LogP contribution in [-0.4, -0.2) is 15.9 Å². The first kappa shape index (κ1) is 15.4. The van der Waals surface area contributed by atoms with Crippen molar-refractivity contribution in [1.29, 1.82) is 0 Å². The largest absolute Gasteiger partial charge is 0.347 e. The third kappa shape index (κ3) is 4.02. The van der Waals surface area contributed by atoms with Crippen LogP contribution in [0.5, 0.6) is 0 Å². The molecule has 0 spiro atoms. The van der Waals surface area contributed by atoms with Crippen molar-refractivity contribution < 1.29 is 4.79 Å². The van der Waals surface area contributed by atoms with Crippen molar-refractivity contribution in [2.24, 2.45) is 0 Å². The number of hydrogen-bond acceptors (Lipinski definition) is 4. The Morgan fingerprint density at radius 3 is 2.65 bits per heavy atom. The maximum Gasteiger partial charge on any atom is 0.263 e. The van der Waals surface area contributed by atoms with Crippen LogP contribution in [0.3, 0.4) is 0 Å². The normalized spacial score (nSPS) is 10.5. The lowest BCUT2D eigenvalue weighted by molar-refractivity contribution is 0.0954. The first-order chi connectivity index (χ1) is 11.2. The first-order valence-corrected chi connectivity index (χ1v) is 8.21. The summed E-state index contributed by atoms with van der Waals surface area (Å²) in [6, 6.07) is 13.9. The molecule has 5 heteroatoms. The van der Waals surface area contributed by atoms with E-state index in [1.165, 1.54) is 16.9 Å². The van der Waals surface area contributed by atoms with E-state index in [2.05, 4.69) is 27.4 Å². The van der Waals surface area contributed by atoms with E-state index in [-0.39, 0.29) is 5.91 Å². The smallest absolute Gasteiger partial charge is 0.263 e. The fraction of sp³-hybridized carbons (Fsp3) is 0.167. The summed E-state index contributed by atoms with van der Waals surface area (Å²) >= 11 is 1.46. The first-order valence-electron chi connectivity index (χ1n) is 7.39. The van der Waals surface area contributed by atoms with Crippen molar-refractivity contribution >= 4 is 17.2 Å². The van der Waals surface area contributed by atoms with Crippen LogP contribution in [0.1, 0.15) is 31.5 Å². The number of aryl methyl sites for hydroxylation is 1. The van der Waals surface area contributed by atoms with Gasteiger partial charge < -0.3 is 5.32 Å². The van der Waals surface area contributed by atoms with Gasteiger partial charge in [0.25, 0.3) is 5.91 Å². The van der Waals surface area contributed by atoms with Gasteiger partial charge in [-0.3, -0.25) is 9.78 Å². The maximum absolute atomic E-state index is 12.3. The highest BCUT2D eigenvalue weighted by Gasteiger charge is 2.15. The molecule has 2 aromatic heterocycles. The molecule has 1 amide bonds.